The van der Waals surface area contributed by atoms with Crippen LogP contribution in [0.15, 0.2) is 41.3 Å². The van der Waals surface area contributed by atoms with Crippen LogP contribution >= 0.6 is 0 Å². The lowest BCUT2D eigenvalue weighted by Gasteiger charge is -2.24. The van der Waals surface area contributed by atoms with E-state index < -0.39 is 10.0 Å². The number of piperidine rings is 1. The number of hydrogen-bond donors (Lipinski definition) is 3. The summed E-state index contributed by atoms with van der Waals surface area (Å²) in [7, 11) is -3.67. The largest absolute Gasteiger partial charge is 0.349 e. The molecule has 1 saturated heterocycles. The zero-order valence-corrected chi connectivity index (χ0v) is 17.4. The van der Waals surface area contributed by atoms with Gasteiger partial charge in [-0.15, -0.1) is 0 Å². The molecule has 0 aromatic heterocycles. The van der Waals surface area contributed by atoms with E-state index in [9.17, 15) is 13.2 Å². The first-order valence-corrected chi connectivity index (χ1v) is 12.1. The van der Waals surface area contributed by atoms with Crippen LogP contribution < -0.4 is 15.4 Å². The SMILES string of the molecule is O=C(NC1CCCCC1)c1ccc(S(=O)(=O)NC2CCNCC2)c2ccccc12. The minimum atomic E-state index is -3.67. The van der Waals surface area contributed by atoms with E-state index in [1.54, 1.807) is 18.2 Å². The van der Waals surface area contributed by atoms with Crippen molar-refractivity contribution in [2.24, 2.45) is 0 Å². The van der Waals surface area contributed by atoms with Crippen molar-refractivity contribution in [1.29, 1.82) is 0 Å². The summed E-state index contributed by atoms with van der Waals surface area (Å²) in [6, 6.07) is 10.6. The highest BCUT2D eigenvalue weighted by molar-refractivity contribution is 7.89. The molecule has 0 radical (unpaired) electrons. The molecule has 1 aliphatic heterocycles. The van der Waals surface area contributed by atoms with E-state index in [1.165, 1.54) is 6.42 Å². The maximum Gasteiger partial charge on any atom is 0.252 e. The van der Waals surface area contributed by atoms with Gasteiger partial charge in [0.15, 0.2) is 0 Å². The Morgan fingerprint density at radius 2 is 1.55 bits per heavy atom. The Labute approximate surface area is 172 Å². The summed E-state index contributed by atoms with van der Waals surface area (Å²) in [4.78, 5) is 13.2. The number of amides is 1. The quantitative estimate of drug-likeness (QED) is 0.701. The van der Waals surface area contributed by atoms with Gasteiger partial charge < -0.3 is 10.6 Å². The van der Waals surface area contributed by atoms with E-state index in [0.29, 0.717) is 16.3 Å². The Kier molecular flexibility index (Phi) is 6.18. The molecule has 0 unspecified atom stereocenters. The molecule has 4 rings (SSSR count). The van der Waals surface area contributed by atoms with Crippen molar-refractivity contribution in [3.8, 4) is 0 Å². The number of carbonyl (C=O) groups excluding carboxylic acids is 1. The summed E-state index contributed by atoms with van der Waals surface area (Å²) in [6.07, 6.45) is 7.09. The molecular weight excluding hydrogens is 386 g/mol. The Bertz CT molecular complexity index is 978. The average Bonchev–Trinajstić information content (AvgIpc) is 2.74. The monoisotopic (exact) mass is 415 g/mol. The lowest BCUT2D eigenvalue weighted by Crippen LogP contribution is -2.42. The van der Waals surface area contributed by atoms with Gasteiger partial charge in [-0.25, -0.2) is 13.1 Å². The lowest BCUT2D eigenvalue weighted by molar-refractivity contribution is 0.0929. The number of benzene rings is 2. The first kappa shape index (κ1) is 20.3. The highest BCUT2D eigenvalue weighted by Gasteiger charge is 2.25. The van der Waals surface area contributed by atoms with E-state index >= 15 is 0 Å². The molecule has 2 aliphatic rings. The predicted molar refractivity (Wildman–Crippen MR) is 115 cm³/mol. The standard InChI is InChI=1S/C22H29N3O3S/c26-22(24-16-6-2-1-3-7-16)20-10-11-21(19-9-5-4-8-18(19)20)29(27,28)25-17-12-14-23-15-13-17/h4-5,8-11,16-17,23,25H,1-3,6-7,12-15H2,(H,24,26). The Morgan fingerprint density at radius 3 is 2.28 bits per heavy atom. The lowest BCUT2D eigenvalue weighted by atomic mass is 9.95. The molecule has 3 N–H and O–H groups in total. The first-order valence-electron chi connectivity index (χ1n) is 10.6. The van der Waals surface area contributed by atoms with Crippen LogP contribution in [0.5, 0.6) is 0 Å². The van der Waals surface area contributed by atoms with Crippen LogP contribution in [0.4, 0.5) is 0 Å². The second kappa shape index (κ2) is 8.81. The maximum absolute atomic E-state index is 13.1. The second-order valence-corrected chi connectivity index (χ2v) is 9.79. The average molecular weight is 416 g/mol. The molecule has 1 saturated carbocycles. The van der Waals surface area contributed by atoms with E-state index in [-0.39, 0.29) is 22.9 Å². The van der Waals surface area contributed by atoms with Gasteiger partial charge in [0, 0.05) is 23.0 Å². The molecule has 6 nitrogen and oxygen atoms in total. The number of carbonyl (C=O) groups is 1. The fourth-order valence-corrected chi connectivity index (χ4v) is 5.95. The molecule has 7 heteroatoms. The van der Waals surface area contributed by atoms with Crippen LogP contribution in [0.3, 0.4) is 0 Å². The fourth-order valence-electron chi connectivity index (χ4n) is 4.44. The molecule has 2 aromatic rings. The van der Waals surface area contributed by atoms with Crippen molar-refractivity contribution in [3.63, 3.8) is 0 Å². The zero-order valence-electron chi connectivity index (χ0n) is 16.6. The van der Waals surface area contributed by atoms with E-state index in [1.807, 2.05) is 18.2 Å². The minimum Gasteiger partial charge on any atom is -0.349 e. The fraction of sp³-hybridized carbons (Fsp3) is 0.500. The molecule has 29 heavy (non-hydrogen) atoms. The van der Waals surface area contributed by atoms with E-state index in [4.69, 9.17) is 0 Å². The van der Waals surface area contributed by atoms with Gasteiger partial charge in [0.1, 0.15) is 0 Å². The topological polar surface area (TPSA) is 87.3 Å². The molecule has 1 aliphatic carbocycles. The molecule has 156 valence electrons. The summed E-state index contributed by atoms with van der Waals surface area (Å²) in [5.41, 5.74) is 0.534. The number of nitrogens with one attached hydrogen (secondary N) is 3. The molecule has 1 amide bonds. The van der Waals surface area contributed by atoms with Crippen LogP contribution in [0.1, 0.15) is 55.3 Å². The number of sulfonamides is 1. The second-order valence-electron chi connectivity index (χ2n) is 8.11. The Balaban J connectivity index is 1.63. The zero-order chi connectivity index (χ0) is 20.3. The molecule has 2 aromatic carbocycles. The van der Waals surface area contributed by atoms with Crippen LogP contribution in [0, 0.1) is 0 Å². The maximum atomic E-state index is 13.1. The molecule has 0 atom stereocenters. The Morgan fingerprint density at radius 1 is 0.862 bits per heavy atom. The van der Waals surface area contributed by atoms with Crippen LogP contribution in [0.25, 0.3) is 10.8 Å². The minimum absolute atomic E-state index is 0.0608. The van der Waals surface area contributed by atoms with Gasteiger partial charge in [0.25, 0.3) is 5.91 Å². The van der Waals surface area contributed by atoms with Gasteiger partial charge in [-0.05, 0) is 56.3 Å². The highest BCUT2D eigenvalue weighted by Crippen LogP contribution is 2.27. The van der Waals surface area contributed by atoms with Crippen molar-refractivity contribution >= 4 is 26.7 Å². The summed E-state index contributed by atoms with van der Waals surface area (Å²) >= 11 is 0. The van der Waals surface area contributed by atoms with E-state index in [2.05, 4.69) is 15.4 Å². The van der Waals surface area contributed by atoms with Gasteiger partial charge in [0.05, 0.1) is 4.90 Å². The molecule has 0 bridgehead atoms. The highest BCUT2D eigenvalue weighted by atomic mass is 32.2. The van der Waals surface area contributed by atoms with Gasteiger partial charge in [-0.3, -0.25) is 4.79 Å². The van der Waals surface area contributed by atoms with Crippen molar-refractivity contribution in [1.82, 2.24) is 15.4 Å². The number of hydrogen-bond acceptors (Lipinski definition) is 4. The molecular formula is C22H29N3O3S. The summed E-state index contributed by atoms with van der Waals surface area (Å²) < 4.78 is 29.0. The van der Waals surface area contributed by atoms with Crippen LogP contribution in [-0.2, 0) is 10.0 Å². The van der Waals surface area contributed by atoms with Gasteiger partial charge in [0.2, 0.25) is 10.0 Å². The third-order valence-electron chi connectivity index (χ3n) is 6.02. The van der Waals surface area contributed by atoms with Crippen molar-refractivity contribution < 1.29 is 13.2 Å². The summed E-state index contributed by atoms with van der Waals surface area (Å²) in [6.45, 7) is 1.63. The number of fused-ring (bicyclic) bond motifs is 1. The first-order chi connectivity index (χ1) is 14.0. The van der Waals surface area contributed by atoms with E-state index in [0.717, 1.165) is 51.6 Å². The Hall–Kier alpha value is -1.96. The smallest absolute Gasteiger partial charge is 0.252 e. The third-order valence-corrected chi connectivity index (χ3v) is 7.60. The number of rotatable bonds is 5. The molecule has 1 heterocycles. The normalized spacial score (nSPS) is 19.3. The van der Waals surface area contributed by atoms with Crippen molar-refractivity contribution in [3.05, 3.63) is 42.0 Å². The molecule has 2 fully saturated rings. The predicted octanol–water partition coefficient (Wildman–Crippen LogP) is 2.93. The summed E-state index contributed by atoms with van der Waals surface area (Å²) in [5.74, 6) is -0.122. The summed E-state index contributed by atoms with van der Waals surface area (Å²) in [5, 5.41) is 7.65. The third kappa shape index (κ3) is 4.63. The molecule has 0 spiro atoms. The van der Waals surface area contributed by atoms with Crippen molar-refractivity contribution in [2.45, 2.75) is 61.9 Å². The van der Waals surface area contributed by atoms with Crippen molar-refractivity contribution in [2.75, 3.05) is 13.1 Å². The van der Waals surface area contributed by atoms with Gasteiger partial charge in [-0.2, -0.15) is 0 Å². The van der Waals surface area contributed by atoms with Gasteiger partial charge in [-0.1, -0.05) is 43.5 Å². The van der Waals surface area contributed by atoms with Crippen LogP contribution in [-0.4, -0.2) is 39.5 Å². The van der Waals surface area contributed by atoms with Crippen LogP contribution in [0.2, 0.25) is 0 Å². The van der Waals surface area contributed by atoms with Gasteiger partial charge >= 0.3 is 0 Å².